The summed E-state index contributed by atoms with van der Waals surface area (Å²) in [6.07, 6.45) is 5.35. The molecule has 0 aromatic heterocycles. The molecule has 0 bridgehead atoms. The highest BCUT2D eigenvalue weighted by atomic mass is 16.5. The van der Waals surface area contributed by atoms with Crippen LogP contribution in [0.5, 0.6) is 0 Å². The number of rotatable bonds is 17. The molecule has 144 valence electrons. The van der Waals surface area contributed by atoms with Gasteiger partial charge in [-0.25, -0.2) is 0 Å². The van der Waals surface area contributed by atoms with Gasteiger partial charge in [0.1, 0.15) is 0 Å². The van der Waals surface area contributed by atoms with Crippen LogP contribution in [0, 0.1) is 0 Å². The van der Waals surface area contributed by atoms with Gasteiger partial charge in [-0.1, -0.05) is 26.7 Å². The number of esters is 1. The largest absolute Gasteiger partial charge is 0.469 e. The zero-order valence-electron chi connectivity index (χ0n) is 16.2. The molecule has 0 atom stereocenters. The summed E-state index contributed by atoms with van der Waals surface area (Å²) in [6.45, 7) is 13.2. The van der Waals surface area contributed by atoms with E-state index in [1.54, 1.807) is 0 Å². The number of carbonyl (C=O) groups is 1. The second kappa shape index (κ2) is 17.1. The van der Waals surface area contributed by atoms with Crippen LogP contribution < -0.4 is 11.1 Å². The summed E-state index contributed by atoms with van der Waals surface area (Å²) >= 11 is 0. The molecule has 0 radical (unpaired) electrons. The van der Waals surface area contributed by atoms with Crippen LogP contribution in [-0.2, 0) is 9.53 Å². The fourth-order valence-electron chi connectivity index (χ4n) is 2.55. The monoisotopic (exact) mass is 344 g/mol. The number of hydrogen-bond donors (Lipinski definition) is 2. The summed E-state index contributed by atoms with van der Waals surface area (Å²) in [4.78, 5) is 16.1. The summed E-state index contributed by atoms with van der Waals surface area (Å²) in [7, 11) is 1.43. The molecule has 6 heteroatoms. The van der Waals surface area contributed by atoms with E-state index in [1.807, 2.05) is 0 Å². The van der Waals surface area contributed by atoms with Gasteiger partial charge in [-0.05, 0) is 25.9 Å². The lowest BCUT2D eigenvalue weighted by Crippen LogP contribution is -2.41. The van der Waals surface area contributed by atoms with Crippen molar-refractivity contribution < 1.29 is 9.53 Å². The second-order valence-electron chi connectivity index (χ2n) is 6.26. The number of nitrogens with one attached hydrogen (secondary N) is 1. The Morgan fingerprint density at radius 3 is 2.00 bits per heavy atom. The van der Waals surface area contributed by atoms with E-state index >= 15 is 0 Å². The van der Waals surface area contributed by atoms with Crippen LogP contribution in [0.4, 0.5) is 0 Å². The third kappa shape index (κ3) is 13.7. The molecular formula is C18H40N4O2. The minimum atomic E-state index is -0.154. The number of carbonyl (C=O) groups excluding carboxylic acids is 1. The molecule has 6 nitrogen and oxygen atoms in total. The molecule has 0 saturated heterocycles. The first-order valence-electron chi connectivity index (χ1n) is 9.60. The van der Waals surface area contributed by atoms with E-state index in [0.29, 0.717) is 13.0 Å². The normalized spacial score (nSPS) is 11.4. The van der Waals surface area contributed by atoms with Crippen molar-refractivity contribution in [1.82, 2.24) is 15.1 Å². The molecule has 0 saturated carbocycles. The highest BCUT2D eigenvalue weighted by Crippen LogP contribution is 1.99. The first-order valence-corrected chi connectivity index (χ1v) is 9.60. The Hall–Kier alpha value is -0.690. The lowest BCUT2D eigenvalue weighted by atomic mass is 10.3. The van der Waals surface area contributed by atoms with E-state index < -0.39 is 0 Å². The molecule has 0 rings (SSSR count). The average Bonchev–Trinajstić information content (AvgIpc) is 2.60. The van der Waals surface area contributed by atoms with Gasteiger partial charge >= 0.3 is 5.97 Å². The molecule has 3 N–H and O–H groups in total. The van der Waals surface area contributed by atoms with Crippen molar-refractivity contribution in [3.63, 3.8) is 0 Å². The third-order valence-corrected chi connectivity index (χ3v) is 4.17. The summed E-state index contributed by atoms with van der Waals surface area (Å²) < 4.78 is 4.65. The molecule has 0 unspecified atom stereocenters. The van der Waals surface area contributed by atoms with E-state index in [0.717, 1.165) is 52.4 Å². The SMILES string of the molecule is CCCCN(CCN)CCN(CCCC)CCNCCC(=O)OC. The van der Waals surface area contributed by atoms with Gasteiger partial charge in [-0.15, -0.1) is 0 Å². The van der Waals surface area contributed by atoms with Gasteiger partial charge in [0.2, 0.25) is 0 Å². The number of nitrogens with two attached hydrogens (primary N) is 1. The minimum Gasteiger partial charge on any atom is -0.469 e. The predicted molar refractivity (Wildman–Crippen MR) is 101 cm³/mol. The lowest BCUT2D eigenvalue weighted by molar-refractivity contribution is -0.140. The maximum atomic E-state index is 11.1. The minimum absolute atomic E-state index is 0.154. The maximum Gasteiger partial charge on any atom is 0.306 e. The zero-order chi connectivity index (χ0) is 18.0. The molecular weight excluding hydrogens is 304 g/mol. The van der Waals surface area contributed by atoms with E-state index in [9.17, 15) is 4.79 Å². The van der Waals surface area contributed by atoms with Crippen LogP contribution in [0.3, 0.4) is 0 Å². The van der Waals surface area contributed by atoms with Gasteiger partial charge in [0.25, 0.3) is 0 Å². The molecule has 0 aliphatic heterocycles. The van der Waals surface area contributed by atoms with Crippen LogP contribution in [0.25, 0.3) is 0 Å². The van der Waals surface area contributed by atoms with Crippen molar-refractivity contribution >= 4 is 5.97 Å². The smallest absolute Gasteiger partial charge is 0.306 e. The van der Waals surface area contributed by atoms with Crippen molar-refractivity contribution in [2.45, 2.75) is 46.0 Å². The van der Waals surface area contributed by atoms with E-state index in [-0.39, 0.29) is 5.97 Å². The van der Waals surface area contributed by atoms with E-state index in [4.69, 9.17) is 5.73 Å². The molecule has 24 heavy (non-hydrogen) atoms. The molecule has 0 fully saturated rings. The third-order valence-electron chi connectivity index (χ3n) is 4.17. The number of ether oxygens (including phenoxy) is 1. The van der Waals surface area contributed by atoms with E-state index in [2.05, 4.69) is 33.7 Å². The Morgan fingerprint density at radius 2 is 1.50 bits per heavy atom. The summed E-state index contributed by atoms with van der Waals surface area (Å²) in [5, 5.41) is 3.33. The van der Waals surface area contributed by atoms with Gasteiger partial charge < -0.3 is 25.6 Å². The van der Waals surface area contributed by atoms with Gasteiger partial charge in [0.05, 0.1) is 13.5 Å². The Balaban J connectivity index is 4.06. The Bertz CT molecular complexity index is 290. The van der Waals surface area contributed by atoms with Crippen molar-refractivity contribution in [2.24, 2.45) is 5.73 Å². The standard InChI is InChI=1S/C18H40N4O2/c1-4-6-12-21(14-9-19)16-17-22(13-7-5-2)15-11-20-10-8-18(23)24-3/h20H,4-17,19H2,1-3H3. The molecule has 0 aliphatic carbocycles. The Morgan fingerprint density at radius 1 is 0.917 bits per heavy atom. The van der Waals surface area contributed by atoms with Gasteiger partial charge in [-0.3, -0.25) is 4.79 Å². The van der Waals surface area contributed by atoms with Gasteiger partial charge in [0, 0.05) is 45.8 Å². The van der Waals surface area contributed by atoms with Crippen molar-refractivity contribution in [3.8, 4) is 0 Å². The van der Waals surface area contributed by atoms with Gasteiger partial charge in [0.15, 0.2) is 0 Å². The van der Waals surface area contributed by atoms with Crippen LogP contribution in [0.1, 0.15) is 46.0 Å². The number of unbranched alkanes of at least 4 members (excludes halogenated alkanes) is 2. The van der Waals surface area contributed by atoms with Crippen molar-refractivity contribution in [3.05, 3.63) is 0 Å². The van der Waals surface area contributed by atoms with E-state index in [1.165, 1.54) is 32.8 Å². The fourth-order valence-corrected chi connectivity index (χ4v) is 2.55. The molecule has 0 aromatic carbocycles. The number of nitrogens with zero attached hydrogens (tertiary/aromatic N) is 2. The Labute approximate surface area is 149 Å². The zero-order valence-corrected chi connectivity index (χ0v) is 16.2. The van der Waals surface area contributed by atoms with Crippen molar-refractivity contribution in [2.75, 3.05) is 66.0 Å². The molecule has 0 aliphatic rings. The number of methoxy groups -OCH3 is 1. The first kappa shape index (κ1) is 23.3. The summed E-state index contributed by atoms with van der Waals surface area (Å²) in [6, 6.07) is 0. The molecule has 0 spiro atoms. The van der Waals surface area contributed by atoms with Crippen molar-refractivity contribution in [1.29, 1.82) is 0 Å². The lowest BCUT2D eigenvalue weighted by Gasteiger charge is -2.27. The topological polar surface area (TPSA) is 70.8 Å². The van der Waals surface area contributed by atoms with Crippen LogP contribution >= 0.6 is 0 Å². The van der Waals surface area contributed by atoms with Crippen LogP contribution in [-0.4, -0.2) is 81.8 Å². The Kier molecular flexibility index (Phi) is 16.7. The van der Waals surface area contributed by atoms with Crippen LogP contribution in [0.2, 0.25) is 0 Å². The quantitative estimate of drug-likeness (QED) is 0.306. The fraction of sp³-hybridized carbons (Fsp3) is 0.944. The first-order chi connectivity index (χ1) is 11.7. The average molecular weight is 345 g/mol. The highest BCUT2D eigenvalue weighted by molar-refractivity contribution is 5.69. The second-order valence-corrected chi connectivity index (χ2v) is 6.26. The van der Waals surface area contributed by atoms with Gasteiger partial charge in [-0.2, -0.15) is 0 Å². The highest BCUT2D eigenvalue weighted by Gasteiger charge is 2.08. The summed E-state index contributed by atoms with van der Waals surface area (Å²) in [5.41, 5.74) is 5.73. The molecule has 0 heterocycles. The summed E-state index contributed by atoms with van der Waals surface area (Å²) in [5.74, 6) is -0.154. The number of hydrogen-bond acceptors (Lipinski definition) is 6. The molecule has 0 amide bonds. The maximum absolute atomic E-state index is 11.1. The predicted octanol–water partition coefficient (Wildman–Crippen LogP) is 1.30. The van der Waals surface area contributed by atoms with Crippen LogP contribution in [0.15, 0.2) is 0 Å². The molecule has 0 aromatic rings.